The van der Waals surface area contributed by atoms with Gasteiger partial charge in [-0.15, -0.1) is 0 Å². The molecule has 4 heterocycles. The molecule has 1 aliphatic heterocycles. The minimum Gasteiger partial charge on any atom is -0.444 e. The van der Waals surface area contributed by atoms with Crippen molar-refractivity contribution in [2.24, 2.45) is 0 Å². The lowest BCUT2D eigenvalue weighted by Crippen LogP contribution is -2.41. The fourth-order valence-corrected chi connectivity index (χ4v) is 6.15. The van der Waals surface area contributed by atoms with Gasteiger partial charge in [-0.3, -0.25) is 4.68 Å². The van der Waals surface area contributed by atoms with Crippen LogP contribution in [-0.2, 0) is 35.5 Å². The highest BCUT2D eigenvalue weighted by atomic mass is 28.3. The number of carbonyl (C=O) groups excluding carboxylic acids is 1. The number of nitrogens with zero attached hydrogens (tertiary/aromatic N) is 5. The Kier molecular flexibility index (Phi) is 8.45. The molecule has 1 aliphatic rings. The van der Waals surface area contributed by atoms with Crippen LogP contribution >= 0.6 is 0 Å². The van der Waals surface area contributed by atoms with E-state index in [2.05, 4.69) is 24.6 Å². The lowest BCUT2D eigenvalue weighted by Gasteiger charge is -2.31. The van der Waals surface area contributed by atoms with Crippen LogP contribution in [0.3, 0.4) is 0 Å². The number of rotatable bonds is 7. The van der Waals surface area contributed by atoms with Crippen molar-refractivity contribution in [3.8, 4) is 22.4 Å². The van der Waals surface area contributed by atoms with Crippen LogP contribution in [0.4, 0.5) is 18.0 Å². The number of aromatic nitrogens is 4. The largest absolute Gasteiger partial charge is 0.444 e. The Morgan fingerprint density at radius 1 is 1.09 bits per heavy atom. The number of benzene rings is 1. The molecule has 1 aromatic carbocycles. The summed E-state index contributed by atoms with van der Waals surface area (Å²) in [6.45, 7) is 16.3. The van der Waals surface area contributed by atoms with E-state index in [0.29, 0.717) is 48.9 Å². The smallest absolute Gasteiger partial charge is 0.416 e. The van der Waals surface area contributed by atoms with Crippen LogP contribution in [0.1, 0.15) is 37.6 Å². The molecule has 44 heavy (non-hydrogen) atoms. The number of alkyl halides is 3. The Morgan fingerprint density at radius 2 is 1.84 bits per heavy atom. The third-order valence-electron chi connectivity index (χ3n) is 7.54. The van der Waals surface area contributed by atoms with Gasteiger partial charge in [0, 0.05) is 50.1 Å². The van der Waals surface area contributed by atoms with Crippen LogP contribution in [0, 0.1) is 6.92 Å². The van der Waals surface area contributed by atoms with Crippen LogP contribution < -0.4 is 0 Å². The molecule has 0 atom stereocenters. The highest BCUT2D eigenvalue weighted by molar-refractivity contribution is 6.76. The van der Waals surface area contributed by atoms with Gasteiger partial charge in [0.2, 0.25) is 0 Å². The van der Waals surface area contributed by atoms with E-state index in [1.807, 2.05) is 44.5 Å². The molecule has 0 bridgehead atoms. The highest BCUT2D eigenvalue weighted by Crippen LogP contribution is 2.42. The standard InChI is InChI=1S/C32H40F3N5O3Si/c1-21-18-39(20-42-15-16-44(5,6)7)29-26(21)24(11-12-36-29)27-25-19-38(30(41)43-31(2,3)4)13-14-40(25)37-28(27)22-9-8-10-23(17-22)32(33,34)35/h8-12,17-18H,13-16,19-20H2,1-7H3. The summed E-state index contributed by atoms with van der Waals surface area (Å²) in [5.41, 5.74) is 3.18. The Bertz CT molecular complexity index is 1680. The van der Waals surface area contributed by atoms with Gasteiger partial charge in [-0.25, -0.2) is 9.78 Å². The maximum atomic E-state index is 13.8. The molecule has 0 saturated heterocycles. The molecule has 3 aromatic heterocycles. The third kappa shape index (κ3) is 6.86. The quantitative estimate of drug-likeness (QED) is 0.154. The second-order valence-corrected chi connectivity index (χ2v) is 19.2. The van der Waals surface area contributed by atoms with E-state index in [9.17, 15) is 18.0 Å². The maximum absolute atomic E-state index is 13.8. The van der Waals surface area contributed by atoms with Gasteiger partial charge in [0.05, 0.1) is 24.3 Å². The molecule has 5 rings (SSSR count). The number of ether oxygens (including phenoxy) is 2. The fraction of sp³-hybridized carbons (Fsp3) is 0.469. The molecule has 4 aromatic rings. The van der Waals surface area contributed by atoms with Gasteiger partial charge in [-0.1, -0.05) is 31.8 Å². The van der Waals surface area contributed by atoms with Gasteiger partial charge in [-0.05, 0) is 63.1 Å². The summed E-state index contributed by atoms with van der Waals surface area (Å²) in [5.74, 6) is 0. The van der Waals surface area contributed by atoms with Crippen molar-refractivity contribution < 1.29 is 27.4 Å². The maximum Gasteiger partial charge on any atom is 0.416 e. The lowest BCUT2D eigenvalue weighted by molar-refractivity contribution is -0.137. The number of hydrogen-bond donors (Lipinski definition) is 0. The Balaban J connectivity index is 1.63. The molecule has 0 unspecified atom stereocenters. The topological polar surface area (TPSA) is 74.4 Å². The first-order valence-electron chi connectivity index (χ1n) is 14.8. The van der Waals surface area contributed by atoms with Gasteiger partial charge >= 0.3 is 12.3 Å². The second-order valence-electron chi connectivity index (χ2n) is 13.6. The summed E-state index contributed by atoms with van der Waals surface area (Å²) in [4.78, 5) is 19.4. The normalized spacial score (nSPS) is 14.3. The zero-order chi connectivity index (χ0) is 32.0. The summed E-state index contributed by atoms with van der Waals surface area (Å²) in [7, 11) is -1.25. The predicted molar refractivity (Wildman–Crippen MR) is 167 cm³/mol. The molecule has 0 spiro atoms. The third-order valence-corrected chi connectivity index (χ3v) is 9.24. The minimum atomic E-state index is -4.50. The number of hydrogen-bond acceptors (Lipinski definition) is 5. The first-order valence-corrected chi connectivity index (χ1v) is 18.5. The summed E-state index contributed by atoms with van der Waals surface area (Å²) >= 11 is 0. The zero-order valence-electron chi connectivity index (χ0n) is 26.4. The monoisotopic (exact) mass is 627 g/mol. The molecular formula is C32H40F3N5O3Si. The molecule has 0 radical (unpaired) electrons. The molecule has 236 valence electrons. The second kappa shape index (κ2) is 11.7. The zero-order valence-corrected chi connectivity index (χ0v) is 27.4. The molecule has 1 amide bonds. The summed E-state index contributed by atoms with van der Waals surface area (Å²) in [6.07, 6.45) is -1.27. The van der Waals surface area contributed by atoms with Crippen molar-refractivity contribution >= 4 is 25.2 Å². The number of fused-ring (bicyclic) bond motifs is 2. The molecular weight excluding hydrogens is 587 g/mol. The SMILES string of the molecule is Cc1cn(COCC[Si](C)(C)C)c2nccc(-c3c(-c4cccc(C(F)(F)F)c4)nn4c3CN(C(=O)OC(C)(C)C)CC4)c12. The average Bonchev–Trinajstić information content (AvgIpc) is 3.46. The molecule has 0 saturated carbocycles. The first-order chi connectivity index (χ1) is 20.5. The van der Waals surface area contributed by atoms with Crippen LogP contribution in [-0.4, -0.2) is 57.2 Å². The first kappa shape index (κ1) is 31.8. The van der Waals surface area contributed by atoms with E-state index in [4.69, 9.17) is 14.6 Å². The Hall–Kier alpha value is -3.64. The Morgan fingerprint density at radius 3 is 2.52 bits per heavy atom. The van der Waals surface area contributed by atoms with Crippen LogP contribution in [0.5, 0.6) is 0 Å². The number of pyridine rings is 1. The van der Waals surface area contributed by atoms with E-state index in [-0.39, 0.29) is 6.54 Å². The summed E-state index contributed by atoms with van der Waals surface area (Å²) in [6, 6.07) is 8.14. The number of carbonyl (C=O) groups is 1. The molecule has 8 nitrogen and oxygen atoms in total. The molecule has 0 N–H and O–H groups in total. The minimum absolute atomic E-state index is 0.194. The van der Waals surface area contributed by atoms with Gasteiger partial charge < -0.3 is 18.9 Å². The van der Waals surface area contributed by atoms with E-state index in [0.717, 1.165) is 40.4 Å². The van der Waals surface area contributed by atoms with Gasteiger partial charge in [0.1, 0.15) is 23.7 Å². The molecule has 0 fully saturated rings. The van der Waals surface area contributed by atoms with E-state index >= 15 is 0 Å². The van der Waals surface area contributed by atoms with Crippen LogP contribution in [0.25, 0.3) is 33.4 Å². The van der Waals surface area contributed by atoms with Gasteiger partial charge in [0.25, 0.3) is 0 Å². The van der Waals surface area contributed by atoms with Crippen LogP contribution in [0.2, 0.25) is 25.7 Å². The van der Waals surface area contributed by atoms with Crippen molar-refractivity contribution in [3.63, 3.8) is 0 Å². The van der Waals surface area contributed by atoms with Crippen LogP contribution in [0.15, 0.2) is 42.7 Å². The van der Waals surface area contributed by atoms with Crippen molar-refractivity contribution in [3.05, 3.63) is 59.5 Å². The van der Waals surface area contributed by atoms with Gasteiger partial charge in [0.15, 0.2) is 0 Å². The van der Waals surface area contributed by atoms with E-state index in [1.54, 1.807) is 21.8 Å². The van der Waals surface area contributed by atoms with Gasteiger partial charge in [-0.2, -0.15) is 18.3 Å². The number of halogens is 3. The van der Waals surface area contributed by atoms with Crippen molar-refractivity contribution in [1.29, 1.82) is 0 Å². The van der Waals surface area contributed by atoms with Crippen molar-refractivity contribution in [2.45, 2.75) is 85.0 Å². The molecule has 12 heteroatoms. The van der Waals surface area contributed by atoms with Crippen molar-refractivity contribution in [1.82, 2.24) is 24.2 Å². The predicted octanol–water partition coefficient (Wildman–Crippen LogP) is 7.96. The molecule has 0 aliphatic carbocycles. The number of aryl methyl sites for hydroxylation is 1. The summed E-state index contributed by atoms with van der Waals surface area (Å²) in [5, 5.41) is 5.70. The van der Waals surface area contributed by atoms with Crippen molar-refractivity contribution in [2.75, 3.05) is 13.2 Å². The average molecular weight is 628 g/mol. The fourth-order valence-electron chi connectivity index (χ4n) is 5.39. The highest BCUT2D eigenvalue weighted by Gasteiger charge is 2.34. The lowest BCUT2D eigenvalue weighted by atomic mass is 9.95. The van der Waals surface area contributed by atoms with E-state index < -0.39 is 31.5 Å². The summed E-state index contributed by atoms with van der Waals surface area (Å²) < 4.78 is 56.7. The Labute approximate surface area is 256 Å². The number of amides is 1. The van der Waals surface area contributed by atoms with E-state index in [1.165, 1.54) is 6.07 Å².